The summed E-state index contributed by atoms with van der Waals surface area (Å²) in [6.07, 6.45) is 0. The smallest absolute Gasteiger partial charge is 0.258 e. The number of carbonyl (C=O) groups excluding carboxylic acids is 1. The first kappa shape index (κ1) is 14.3. The van der Waals surface area contributed by atoms with Crippen LogP contribution in [0.4, 0.5) is 10.1 Å². The van der Waals surface area contributed by atoms with E-state index in [9.17, 15) is 9.18 Å². The van der Waals surface area contributed by atoms with Crippen molar-refractivity contribution in [3.63, 3.8) is 0 Å². The minimum Gasteiger partial charge on any atom is -0.492 e. The summed E-state index contributed by atoms with van der Waals surface area (Å²) < 4.78 is 18.8. The van der Waals surface area contributed by atoms with Gasteiger partial charge in [-0.3, -0.25) is 4.79 Å². The molecule has 2 aromatic rings. The highest BCUT2D eigenvalue weighted by atomic mass is 35.5. The highest BCUT2D eigenvalue weighted by Gasteiger charge is 2.11. The quantitative estimate of drug-likeness (QED) is 0.920. The summed E-state index contributed by atoms with van der Waals surface area (Å²) in [4.78, 5) is 11.9. The summed E-state index contributed by atoms with van der Waals surface area (Å²) in [7, 11) is 0. The van der Waals surface area contributed by atoms with Gasteiger partial charge in [0.1, 0.15) is 11.6 Å². The molecule has 2 aromatic carbocycles. The van der Waals surface area contributed by atoms with E-state index in [-0.39, 0.29) is 5.56 Å². The number of halogens is 2. The number of rotatable bonds is 4. The Balaban J connectivity index is 2.16. The predicted molar refractivity (Wildman–Crippen MR) is 77.0 cm³/mol. The van der Waals surface area contributed by atoms with E-state index in [1.807, 2.05) is 6.92 Å². The molecule has 0 atom stereocenters. The topological polar surface area (TPSA) is 38.3 Å². The van der Waals surface area contributed by atoms with E-state index in [1.165, 1.54) is 18.2 Å². The molecule has 0 aliphatic heterocycles. The number of ether oxygens (including phenoxy) is 1. The zero-order valence-corrected chi connectivity index (χ0v) is 11.6. The van der Waals surface area contributed by atoms with Gasteiger partial charge >= 0.3 is 0 Å². The van der Waals surface area contributed by atoms with Crippen LogP contribution in [0.25, 0.3) is 0 Å². The van der Waals surface area contributed by atoms with Crippen molar-refractivity contribution in [1.29, 1.82) is 0 Å². The molecule has 2 rings (SSSR count). The molecule has 0 aliphatic carbocycles. The van der Waals surface area contributed by atoms with Gasteiger partial charge in [-0.15, -0.1) is 0 Å². The molecule has 0 fully saturated rings. The lowest BCUT2D eigenvalue weighted by molar-refractivity contribution is 0.102. The molecule has 0 saturated carbocycles. The second kappa shape index (κ2) is 6.39. The Morgan fingerprint density at radius 1 is 1.30 bits per heavy atom. The molecule has 1 N–H and O–H groups in total. The number of anilines is 1. The van der Waals surface area contributed by atoms with E-state index in [1.54, 1.807) is 24.3 Å². The van der Waals surface area contributed by atoms with Crippen molar-refractivity contribution in [1.82, 2.24) is 0 Å². The van der Waals surface area contributed by atoms with Crippen LogP contribution in [0.5, 0.6) is 5.75 Å². The first-order valence-corrected chi connectivity index (χ1v) is 6.48. The summed E-state index contributed by atoms with van der Waals surface area (Å²) in [5.41, 5.74) is 0.462. The maximum atomic E-state index is 13.5. The maximum absolute atomic E-state index is 13.5. The van der Waals surface area contributed by atoms with Gasteiger partial charge in [0.05, 0.1) is 17.2 Å². The summed E-state index contributed by atoms with van der Waals surface area (Å²) in [6, 6.07) is 10.6. The monoisotopic (exact) mass is 293 g/mol. The second-order valence-corrected chi connectivity index (χ2v) is 4.42. The van der Waals surface area contributed by atoms with Gasteiger partial charge in [-0.05, 0) is 37.3 Å². The predicted octanol–water partition coefficient (Wildman–Crippen LogP) is 4.13. The highest BCUT2D eigenvalue weighted by Crippen LogP contribution is 2.27. The van der Waals surface area contributed by atoms with Crippen molar-refractivity contribution in [3.05, 3.63) is 58.9 Å². The van der Waals surface area contributed by atoms with E-state index in [2.05, 4.69) is 5.32 Å². The van der Waals surface area contributed by atoms with Crippen LogP contribution in [0.1, 0.15) is 17.3 Å². The van der Waals surface area contributed by atoms with Crippen LogP contribution in [0.2, 0.25) is 5.02 Å². The Morgan fingerprint density at radius 2 is 2.05 bits per heavy atom. The first-order valence-electron chi connectivity index (χ1n) is 6.10. The van der Waals surface area contributed by atoms with Gasteiger partial charge in [-0.2, -0.15) is 0 Å². The highest BCUT2D eigenvalue weighted by molar-refractivity contribution is 6.32. The molecule has 0 bridgehead atoms. The molecule has 0 heterocycles. The molecule has 1 amide bonds. The average Bonchev–Trinajstić information content (AvgIpc) is 2.42. The molecule has 3 nitrogen and oxygen atoms in total. The van der Waals surface area contributed by atoms with Crippen molar-refractivity contribution >= 4 is 23.2 Å². The minimum atomic E-state index is -0.568. The van der Waals surface area contributed by atoms with Gasteiger partial charge in [0.25, 0.3) is 5.91 Å². The van der Waals surface area contributed by atoms with E-state index >= 15 is 0 Å². The van der Waals surface area contributed by atoms with Crippen LogP contribution in [0.15, 0.2) is 42.5 Å². The Bertz CT molecular complexity index is 631. The van der Waals surface area contributed by atoms with Crippen molar-refractivity contribution in [2.75, 3.05) is 11.9 Å². The number of amides is 1. The van der Waals surface area contributed by atoms with Gasteiger partial charge in [0, 0.05) is 5.69 Å². The third-order valence-corrected chi connectivity index (χ3v) is 2.90. The first-order chi connectivity index (χ1) is 9.61. The van der Waals surface area contributed by atoms with Gasteiger partial charge in [-0.1, -0.05) is 23.7 Å². The van der Waals surface area contributed by atoms with Gasteiger partial charge in [0.2, 0.25) is 0 Å². The third kappa shape index (κ3) is 3.27. The Morgan fingerprint density at radius 3 is 2.70 bits per heavy atom. The standard InChI is InChI=1S/C15H13ClFNO2/c1-2-20-14-8-7-10(9-12(14)16)18-15(19)11-5-3-4-6-13(11)17/h3-9H,2H2,1H3,(H,18,19). The van der Waals surface area contributed by atoms with Crippen LogP contribution in [0, 0.1) is 5.82 Å². The van der Waals surface area contributed by atoms with Gasteiger partial charge in [0.15, 0.2) is 0 Å². The Hall–Kier alpha value is -2.07. The maximum Gasteiger partial charge on any atom is 0.258 e. The molecule has 0 spiro atoms. The van der Waals surface area contributed by atoms with E-state index in [4.69, 9.17) is 16.3 Å². The van der Waals surface area contributed by atoms with Crippen molar-refractivity contribution < 1.29 is 13.9 Å². The molecule has 104 valence electrons. The second-order valence-electron chi connectivity index (χ2n) is 4.01. The third-order valence-electron chi connectivity index (χ3n) is 2.61. The van der Waals surface area contributed by atoms with Gasteiger partial charge in [-0.25, -0.2) is 4.39 Å². The summed E-state index contributed by atoms with van der Waals surface area (Å²) in [6.45, 7) is 2.35. The number of benzene rings is 2. The molecule has 20 heavy (non-hydrogen) atoms. The van der Waals surface area contributed by atoms with Crippen molar-refractivity contribution in [2.24, 2.45) is 0 Å². The molecule has 0 unspecified atom stereocenters. The van der Waals surface area contributed by atoms with Crippen LogP contribution in [-0.4, -0.2) is 12.5 Å². The Labute approximate surface area is 121 Å². The average molecular weight is 294 g/mol. The van der Waals surface area contributed by atoms with Crippen molar-refractivity contribution in [3.8, 4) is 5.75 Å². The molecular weight excluding hydrogens is 281 g/mol. The number of hydrogen-bond acceptors (Lipinski definition) is 2. The normalized spacial score (nSPS) is 10.2. The van der Waals surface area contributed by atoms with Crippen LogP contribution in [0.3, 0.4) is 0 Å². The fourth-order valence-electron chi connectivity index (χ4n) is 1.69. The molecular formula is C15H13ClFNO2. The lowest BCUT2D eigenvalue weighted by atomic mass is 10.2. The summed E-state index contributed by atoms with van der Waals surface area (Å²) in [5, 5.41) is 2.98. The number of hydrogen-bond donors (Lipinski definition) is 1. The zero-order chi connectivity index (χ0) is 14.5. The number of nitrogens with one attached hydrogen (secondary N) is 1. The van der Waals surface area contributed by atoms with Crippen LogP contribution >= 0.6 is 11.6 Å². The fourth-order valence-corrected chi connectivity index (χ4v) is 1.93. The number of carbonyl (C=O) groups is 1. The fraction of sp³-hybridized carbons (Fsp3) is 0.133. The van der Waals surface area contributed by atoms with Crippen LogP contribution in [-0.2, 0) is 0 Å². The van der Waals surface area contributed by atoms with Crippen molar-refractivity contribution in [2.45, 2.75) is 6.92 Å². The Kier molecular flexibility index (Phi) is 4.58. The van der Waals surface area contributed by atoms with E-state index < -0.39 is 11.7 Å². The molecule has 0 aromatic heterocycles. The molecule has 0 aliphatic rings. The van der Waals surface area contributed by atoms with Crippen LogP contribution < -0.4 is 10.1 Å². The van der Waals surface area contributed by atoms with Gasteiger partial charge < -0.3 is 10.1 Å². The lowest BCUT2D eigenvalue weighted by Crippen LogP contribution is -2.13. The largest absolute Gasteiger partial charge is 0.492 e. The zero-order valence-electron chi connectivity index (χ0n) is 10.8. The molecule has 0 radical (unpaired) electrons. The SMILES string of the molecule is CCOc1ccc(NC(=O)c2ccccc2F)cc1Cl. The van der Waals surface area contributed by atoms with E-state index in [0.29, 0.717) is 23.1 Å². The summed E-state index contributed by atoms with van der Waals surface area (Å²) in [5.74, 6) is -0.552. The summed E-state index contributed by atoms with van der Waals surface area (Å²) >= 11 is 6.02. The minimum absolute atomic E-state index is 0.0162. The molecule has 5 heteroatoms. The van der Waals surface area contributed by atoms with E-state index in [0.717, 1.165) is 0 Å². The molecule has 0 saturated heterocycles. The lowest BCUT2D eigenvalue weighted by Gasteiger charge is -2.09.